The maximum atomic E-state index is 13.5. The lowest BCUT2D eigenvalue weighted by atomic mass is 10.1. The second-order valence-electron chi connectivity index (χ2n) is 8.63. The van der Waals surface area contributed by atoms with Crippen molar-refractivity contribution in [3.63, 3.8) is 0 Å². The summed E-state index contributed by atoms with van der Waals surface area (Å²) in [6.07, 6.45) is 0. The van der Waals surface area contributed by atoms with Crippen LogP contribution >= 0.6 is 0 Å². The van der Waals surface area contributed by atoms with Crippen LogP contribution in [0, 0.1) is 0 Å². The molecule has 5 rings (SSSR count). The van der Waals surface area contributed by atoms with E-state index < -0.39 is 0 Å². The minimum Gasteiger partial charge on any atom is -0.492 e. The molecular formula is C27H33N3O5. The molecule has 2 aliphatic heterocycles. The molecule has 2 aliphatic rings. The molecule has 0 spiro atoms. The molecule has 0 amide bonds. The summed E-state index contributed by atoms with van der Waals surface area (Å²) in [7, 11) is 0. The Hall–Kier alpha value is -3.39. The van der Waals surface area contributed by atoms with E-state index >= 15 is 0 Å². The van der Waals surface area contributed by atoms with Crippen LogP contribution in [0.1, 0.15) is 13.8 Å². The first kappa shape index (κ1) is 23.4. The molecule has 8 nitrogen and oxygen atoms in total. The normalized spacial score (nSPS) is 16.6. The Morgan fingerprint density at radius 1 is 0.771 bits per heavy atom. The number of hydrogen-bond acceptors (Lipinski definition) is 8. The highest BCUT2D eigenvalue weighted by atomic mass is 16.5. The fourth-order valence-corrected chi connectivity index (χ4v) is 4.85. The van der Waals surface area contributed by atoms with Gasteiger partial charge in [0.2, 0.25) is 17.1 Å². The van der Waals surface area contributed by atoms with E-state index in [0.717, 1.165) is 43.3 Å². The minimum atomic E-state index is -0.124. The average molecular weight is 480 g/mol. The van der Waals surface area contributed by atoms with Gasteiger partial charge in [-0.05, 0) is 38.1 Å². The predicted octanol–water partition coefficient (Wildman–Crippen LogP) is 3.75. The number of ether oxygens (including phenoxy) is 3. The zero-order chi connectivity index (χ0) is 24.2. The van der Waals surface area contributed by atoms with Crippen LogP contribution in [0.2, 0.25) is 0 Å². The lowest BCUT2D eigenvalue weighted by Gasteiger charge is -2.38. The summed E-state index contributed by atoms with van der Waals surface area (Å²) in [4.78, 5) is 20.2. The van der Waals surface area contributed by atoms with E-state index in [-0.39, 0.29) is 11.2 Å². The molecule has 1 aromatic heterocycles. The van der Waals surface area contributed by atoms with Crippen molar-refractivity contribution >= 4 is 28.2 Å². The van der Waals surface area contributed by atoms with Gasteiger partial charge in [-0.15, -0.1) is 0 Å². The molecule has 0 atom stereocenters. The Morgan fingerprint density at radius 3 is 2.14 bits per heavy atom. The third-order valence-corrected chi connectivity index (χ3v) is 6.55. The van der Waals surface area contributed by atoms with E-state index in [2.05, 4.69) is 20.8 Å². The summed E-state index contributed by atoms with van der Waals surface area (Å²) >= 11 is 0. The molecule has 0 radical (unpaired) electrons. The first-order valence-electron chi connectivity index (χ1n) is 12.5. The predicted molar refractivity (Wildman–Crippen MR) is 139 cm³/mol. The van der Waals surface area contributed by atoms with E-state index in [4.69, 9.17) is 18.6 Å². The van der Waals surface area contributed by atoms with Crippen LogP contribution in [-0.4, -0.2) is 65.7 Å². The summed E-state index contributed by atoms with van der Waals surface area (Å²) in [6, 6.07) is 14.0. The number of para-hydroxylation sites is 3. The van der Waals surface area contributed by atoms with Gasteiger partial charge in [0.15, 0.2) is 5.58 Å². The molecule has 0 aliphatic carbocycles. The molecule has 3 heterocycles. The molecule has 2 aromatic carbocycles. The third-order valence-electron chi connectivity index (χ3n) is 6.55. The molecular weight excluding hydrogens is 446 g/mol. The van der Waals surface area contributed by atoms with Gasteiger partial charge in [0, 0.05) is 39.3 Å². The Labute approximate surface area is 205 Å². The van der Waals surface area contributed by atoms with Gasteiger partial charge in [0.05, 0.1) is 43.2 Å². The summed E-state index contributed by atoms with van der Waals surface area (Å²) in [5.41, 5.74) is 2.55. The molecule has 8 heteroatoms. The van der Waals surface area contributed by atoms with Crippen LogP contribution in [0.15, 0.2) is 51.7 Å². The zero-order valence-electron chi connectivity index (χ0n) is 20.5. The Morgan fingerprint density at radius 2 is 1.43 bits per heavy atom. The fourth-order valence-electron chi connectivity index (χ4n) is 4.85. The number of hydrogen-bond donors (Lipinski definition) is 0. The Balaban J connectivity index is 1.46. The van der Waals surface area contributed by atoms with Crippen molar-refractivity contribution in [1.82, 2.24) is 0 Å². The average Bonchev–Trinajstić information content (AvgIpc) is 2.91. The standard InChI is InChI=1S/C27H33N3O5/c1-3-33-23-11-6-5-9-21(23)28-12-14-29(15-13-28)22-10-7-8-20-24(31)26(34-4-2)27(35-25(20)22)30-16-18-32-19-17-30/h5-11H,3-4,12-19H2,1-2H3. The van der Waals surface area contributed by atoms with Crippen molar-refractivity contribution < 1.29 is 18.6 Å². The number of fused-ring (bicyclic) bond motifs is 1. The maximum absolute atomic E-state index is 13.5. The molecule has 3 aromatic rings. The molecule has 0 unspecified atom stereocenters. The van der Waals surface area contributed by atoms with Crippen molar-refractivity contribution in [2.45, 2.75) is 13.8 Å². The lowest BCUT2D eigenvalue weighted by molar-refractivity contribution is 0.120. The van der Waals surface area contributed by atoms with E-state index in [1.165, 1.54) is 0 Å². The Bertz CT molecular complexity index is 1210. The topological polar surface area (TPSA) is 67.6 Å². The highest BCUT2D eigenvalue weighted by Crippen LogP contribution is 2.36. The van der Waals surface area contributed by atoms with Crippen LogP contribution in [-0.2, 0) is 4.74 Å². The number of benzene rings is 2. The highest BCUT2D eigenvalue weighted by molar-refractivity contribution is 5.91. The van der Waals surface area contributed by atoms with Crippen molar-refractivity contribution in [2.75, 3.05) is 80.4 Å². The number of anilines is 3. The van der Waals surface area contributed by atoms with Gasteiger partial charge < -0.3 is 33.3 Å². The van der Waals surface area contributed by atoms with Gasteiger partial charge in [-0.1, -0.05) is 18.2 Å². The van der Waals surface area contributed by atoms with Crippen molar-refractivity contribution in [2.24, 2.45) is 0 Å². The molecule has 0 N–H and O–H groups in total. The largest absolute Gasteiger partial charge is 0.492 e. The highest BCUT2D eigenvalue weighted by Gasteiger charge is 2.26. The van der Waals surface area contributed by atoms with Crippen molar-refractivity contribution in [1.29, 1.82) is 0 Å². The molecule has 2 saturated heterocycles. The van der Waals surface area contributed by atoms with Gasteiger partial charge in [-0.3, -0.25) is 4.79 Å². The van der Waals surface area contributed by atoms with Crippen molar-refractivity contribution in [3.8, 4) is 11.5 Å². The number of piperazine rings is 1. The zero-order valence-corrected chi connectivity index (χ0v) is 20.5. The first-order valence-corrected chi connectivity index (χ1v) is 12.5. The summed E-state index contributed by atoms with van der Waals surface area (Å²) < 4.78 is 23.6. The number of nitrogens with zero attached hydrogens (tertiary/aromatic N) is 3. The fraction of sp³-hybridized carbons (Fsp3) is 0.444. The summed E-state index contributed by atoms with van der Waals surface area (Å²) in [6.45, 7) is 10.8. The van der Waals surface area contributed by atoms with Crippen LogP contribution < -0.4 is 29.6 Å². The molecule has 2 fully saturated rings. The van der Waals surface area contributed by atoms with Gasteiger partial charge >= 0.3 is 0 Å². The molecule has 0 saturated carbocycles. The minimum absolute atomic E-state index is 0.124. The van der Waals surface area contributed by atoms with Gasteiger partial charge in [0.25, 0.3) is 0 Å². The molecule has 0 bridgehead atoms. The van der Waals surface area contributed by atoms with Crippen LogP contribution in [0.5, 0.6) is 11.5 Å². The van der Waals surface area contributed by atoms with Gasteiger partial charge in [0.1, 0.15) is 5.75 Å². The monoisotopic (exact) mass is 479 g/mol. The van der Waals surface area contributed by atoms with Gasteiger partial charge in [-0.25, -0.2) is 0 Å². The van der Waals surface area contributed by atoms with E-state index in [1.807, 2.05) is 50.2 Å². The first-order chi connectivity index (χ1) is 17.2. The van der Waals surface area contributed by atoms with E-state index in [0.29, 0.717) is 56.4 Å². The maximum Gasteiger partial charge on any atom is 0.243 e. The third kappa shape index (κ3) is 4.62. The van der Waals surface area contributed by atoms with Crippen molar-refractivity contribution in [3.05, 3.63) is 52.7 Å². The summed E-state index contributed by atoms with van der Waals surface area (Å²) in [5, 5.41) is 0.548. The Kier molecular flexibility index (Phi) is 6.99. The molecule has 186 valence electrons. The lowest BCUT2D eigenvalue weighted by Crippen LogP contribution is -2.46. The summed E-state index contributed by atoms with van der Waals surface area (Å²) in [5.74, 6) is 1.71. The smallest absolute Gasteiger partial charge is 0.243 e. The molecule has 35 heavy (non-hydrogen) atoms. The SMILES string of the molecule is CCOc1ccccc1N1CCN(c2cccc3c(=O)c(OCC)c(N4CCOCC4)oc23)CC1. The number of rotatable bonds is 7. The van der Waals surface area contributed by atoms with Crippen LogP contribution in [0.25, 0.3) is 11.0 Å². The van der Waals surface area contributed by atoms with Gasteiger partial charge in [-0.2, -0.15) is 0 Å². The van der Waals surface area contributed by atoms with E-state index in [9.17, 15) is 4.79 Å². The quantitative estimate of drug-likeness (QED) is 0.508. The second-order valence-corrected chi connectivity index (χ2v) is 8.63. The van der Waals surface area contributed by atoms with Crippen LogP contribution in [0.4, 0.5) is 17.3 Å². The van der Waals surface area contributed by atoms with Crippen LogP contribution in [0.3, 0.4) is 0 Å². The second kappa shape index (κ2) is 10.5. The van der Waals surface area contributed by atoms with E-state index in [1.54, 1.807) is 0 Å². The number of morpholine rings is 1.